The Morgan fingerprint density at radius 1 is 1.39 bits per heavy atom. The zero-order valence-corrected chi connectivity index (χ0v) is 10.5. The molecule has 0 radical (unpaired) electrons. The average Bonchev–Trinajstić information content (AvgIpc) is 2.29. The summed E-state index contributed by atoms with van der Waals surface area (Å²) in [5.74, 6) is 0. The number of alkyl halides is 3. The number of nitrogen functional groups attached to an aromatic ring is 1. The second-order valence-electron chi connectivity index (χ2n) is 4.19. The quantitative estimate of drug-likeness (QED) is 0.850. The van der Waals surface area contributed by atoms with Gasteiger partial charge in [-0.3, -0.25) is 0 Å². The van der Waals surface area contributed by atoms with Crippen LogP contribution in [-0.4, -0.2) is 11.0 Å². The van der Waals surface area contributed by atoms with Crippen LogP contribution in [0.2, 0.25) is 0 Å². The highest BCUT2D eigenvalue weighted by molar-refractivity contribution is 5.65. The summed E-state index contributed by atoms with van der Waals surface area (Å²) in [4.78, 5) is 3.30. The molecule has 1 unspecified atom stereocenters. The maximum atomic E-state index is 12.5. The summed E-state index contributed by atoms with van der Waals surface area (Å²) in [7, 11) is 0. The Balaban J connectivity index is 2.93. The van der Waals surface area contributed by atoms with Crippen LogP contribution in [0.5, 0.6) is 0 Å². The van der Waals surface area contributed by atoms with E-state index in [0.29, 0.717) is 5.69 Å². The van der Waals surface area contributed by atoms with Gasteiger partial charge in [-0.25, -0.2) is 4.98 Å². The van der Waals surface area contributed by atoms with Crippen molar-refractivity contribution in [3.8, 4) is 0 Å². The zero-order chi connectivity index (χ0) is 13.8. The lowest BCUT2D eigenvalue weighted by molar-refractivity contribution is -0.141. The van der Waals surface area contributed by atoms with Gasteiger partial charge in [-0.2, -0.15) is 13.2 Å². The summed E-state index contributed by atoms with van der Waals surface area (Å²) < 4.78 is 37.6. The van der Waals surface area contributed by atoms with Gasteiger partial charge in [0.2, 0.25) is 0 Å². The summed E-state index contributed by atoms with van der Waals surface area (Å²) in [6.45, 7) is 4.01. The van der Waals surface area contributed by atoms with E-state index >= 15 is 0 Å². The van der Waals surface area contributed by atoms with Crippen molar-refractivity contribution in [2.75, 3.05) is 11.1 Å². The van der Waals surface area contributed by atoms with Gasteiger partial charge in [0, 0.05) is 6.04 Å². The van der Waals surface area contributed by atoms with Crippen molar-refractivity contribution in [3.05, 3.63) is 18.0 Å². The molecule has 1 aromatic heterocycles. The van der Waals surface area contributed by atoms with Crippen LogP contribution in [-0.2, 0) is 6.18 Å². The summed E-state index contributed by atoms with van der Waals surface area (Å²) >= 11 is 0. The van der Waals surface area contributed by atoms with Gasteiger partial charge in [-0.1, -0.05) is 20.3 Å². The minimum Gasteiger partial charge on any atom is -0.396 e. The summed E-state index contributed by atoms with van der Waals surface area (Å²) in [5.41, 5.74) is 5.25. The SMILES string of the molecule is CCCC(CC)Nc1cc(C(F)(F)F)ncc1N. The molecule has 0 aliphatic heterocycles. The molecule has 0 amide bonds. The molecule has 18 heavy (non-hydrogen) atoms. The Labute approximate surface area is 105 Å². The number of anilines is 2. The number of hydrogen-bond donors (Lipinski definition) is 2. The Bertz CT molecular complexity index is 391. The van der Waals surface area contributed by atoms with Crippen molar-refractivity contribution in [1.82, 2.24) is 4.98 Å². The molecule has 0 saturated heterocycles. The van der Waals surface area contributed by atoms with E-state index in [1.54, 1.807) is 0 Å². The van der Waals surface area contributed by atoms with Crippen molar-refractivity contribution in [1.29, 1.82) is 0 Å². The first-order valence-electron chi connectivity index (χ1n) is 5.97. The number of nitrogens with two attached hydrogens (primary N) is 1. The van der Waals surface area contributed by atoms with Crippen molar-refractivity contribution >= 4 is 11.4 Å². The van der Waals surface area contributed by atoms with Crippen LogP contribution >= 0.6 is 0 Å². The topological polar surface area (TPSA) is 50.9 Å². The smallest absolute Gasteiger partial charge is 0.396 e. The van der Waals surface area contributed by atoms with Crippen LogP contribution in [0.3, 0.4) is 0 Å². The van der Waals surface area contributed by atoms with Crippen LogP contribution in [0.25, 0.3) is 0 Å². The largest absolute Gasteiger partial charge is 0.433 e. The molecule has 1 heterocycles. The Morgan fingerprint density at radius 3 is 2.56 bits per heavy atom. The Hall–Kier alpha value is -1.46. The molecule has 0 aliphatic carbocycles. The molecule has 0 spiro atoms. The number of pyridine rings is 1. The minimum atomic E-state index is -4.45. The molecule has 6 heteroatoms. The number of nitrogens with one attached hydrogen (secondary N) is 1. The monoisotopic (exact) mass is 261 g/mol. The van der Waals surface area contributed by atoms with E-state index in [1.807, 2.05) is 13.8 Å². The van der Waals surface area contributed by atoms with Crippen molar-refractivity contribution in [3.63, 3.8) is 0 Å². The highest BCUT2D eigenvalue weighted by atomic mass is 19.4. The number of aromatic nitrogens is 1. The first kappa shape index (κ1) is 14.6. The minimum absolute atomic E-state index is 0.126. The second-order valence-corrected chi connectivity index (χ2v) is 4.19. The number of rotatable bonds is 5. The Kier molecular flexibility index (Phi) is 4.81. The molecule has 1 aromatic rings. The number of hydrogen-bond acceptors (Lipinski definition) is 3. The first-order chi connectivity index (χ1) is 8.38. The summed E-state index contributed by atoms with van der Waals surface area (Å²) in [6, 6.07) is 1.09. The van der Waals surface area contributed by atoms with E-state index in [4.69, 9.17) is 5.73 Å². The normalized spacial score (nSPS) is 13.4. The van der Waals surface area contributed by atoms with E-state index in [9.17, 15) is 13.2 Å². The molecule has 0 aliphatic rings. The molecule has 0 bridgehead atoms. The molecular formula is C12H18F3N3. The summed E-state index contributed by atoms with van der Waals surface area (Å²) in [6.07, 6.45) is -0.723. The maximum absolute atomic E-state index is 12.5. The van der Waals surface area contributed by atoms with Crippen molar-refractivity contribution in [2.45, 2.75) is 45.3 Å². The van der Waals surface area contributed by atoms with Gasteiger partial charge in [0.15, 0.2) is 0 Å². The van der Waals surface area contributed by atoms with Crippen LogP contribution < -0.4 is 11.1 Å². The van der Waals surface area contributed by atoms with Gasteiger partial charge in [0.25, 0.3) is 0 Å². The third-order valence-electron chi connectivity index (χ3n) is 2.71. The van der Waals surface area contributed by atoms with Crippen LogP contribution in [0.1, 0.15) is 38.8 Å². The predicted octanol–water partition coefficient (Wildman–Crippen LogP) is 3.67. The molecule has 1 atom stereocenters. The van der Waals surface area contributed by atoms with Gasteiger partial charge >= 0.3 is 6.18 Å². The van der Waals surface area contributed by atoms with Crippen LogP contribution in [0.4, 0.5) is 24.5 Å². The first-order valence-corrected chi connectivity index (χ1v) is 5.97. The molecule has 102 valence electrons. The maximum Gasteiger partial charge on any atom is 0.433 e. The van der Waals surface area contributed by atoms with E-state index < -0.39 is 11.9 Å². The van der Waals surface area contributed by atoms with Gasteiger partial charge in [-0.05, 0) is 18.9 Å². The number of halogens is 3. The van der Waals surface area contributed by atoms with Crippen LogP contribution in [0.15, 0.2) is 12.3 Å². The third-order valence-corrected chi connectivity index (χ3v) is 2.71. The lowest BCUT2D eigenvalue weighted by Gasteiger charge is -2.19. The average molecular weight is 261 g/mol. The van der Waals surface area contributed by atoms with Gasteiger partial charge < -0.3 is 11.1 Å². The van der Waals surface area contributed by atoms with E-state index in [-0.39, 0.29) is 11.7 Å². The fourth-order valence-corrected chi connectivity index (χ4v) is 1.69. The van der Waals surface area contributed by atoms with Gasteiger partial charge in [0.05, 0.1) is 17.6 Å². The molecule has 0 saturated carbocycles. The standard InChI is InChI=1S/C12H18F3N3/c1-3-5-8(4-2)18-10-6-11(12(13,14)15)17-7-9(10)16/h6-8H,3-5,16H2,1-2H3,(H,17,18). The van der Waals surface area contributed by atoms with Gasteiger partial charge in [0.1, 0.15) is 5.69 Å². The molecule has 0 aromatic carbocycles. The lowest BCUT2D eigenvalue weighted by atomic mass is 10.1. The van der Waals surface area contributed by atoms with Crippen molar-refractivity contribution < 1.29 is 13.2 Å². The van der Waals surface area contributed by atoms with E-state index in [1.165, 1.54) is 0 Å². The highest BCUT2D eigenvalue weighted by Crippen LogP contribution is 2.31. The molecule has 0 fully saturated rings. The van der Waals surface area contributed by atoms with Gasteiger partial charge in [-0.15, -0.1) is 0 Å². The highest BCUT2D eigenvalue weighted by Gasteiger charge is 2.33. The zero-order valence-electron chi connectivity index (χ0n) is 10.5. The lowest BCUT2D eigenvalue weighted by Crippen LogP contribution is -2.20. The molecule has 1 rings (SSSR count). The predicted molar refractivity (Wildman–Crippen MR) is 66.3 cm³/mol. The number of nitrogens with zero attached hydrogens (tertiary/aromatic N) is 1. The molecule has 3 nitrogen and oxygen atoms in total. The molecule has 3 N–H and O–H groups in total. The second kappa shape index (κ2) is 5.93. The van der Waals surface area contributed by atoms with E-state index in [2.05, 4.69) is 10.3 Å². The van der Waals surface area contributed by atoms with Crippen LogP contribution in [0, 0.1) is 0 Å². The Morgan fingerprint density at radius 2 is 2.06 bits per heavy atom. The summed E-state index contributed by atoms with van der Waals surface area (Å²) in [5, 5.41) is 3.05. The van der Waals surface area contributed by atoms with Crippen molar-refractivity contribution in [2.24, 2.45) is 0 Å². The third kappa shape index (κ3) is 3.78. The fraction of sp³-hybridized carbons (Fsp3) is 0.583. The van der Waals surface area contributed by atoms with E-state index in [0.717, 1.165) is 31.5 Å². The molecular weight excluding hydrogens is 243 g/mol. The fourth-order valence-electron chi connectivity index (χ4n) is 1.69.